The predicted molar refractivity (Wildman–Crippen MR) is 160 cm³/mol. The average Bonchev–Trinajstić information content (AvgIpc) is 2.83. The summed E-state index contributed by atoms with van der Waals surface area (Å²) in [6, 6.07) is 13.2. The van der Waals surface area contributed by atoms with E-state index in [-0.39, 0.29) is 34.9 Å². The number of hydrogen-bond donors (Lipinski definition) is 1. The van der Waals surface area contributed by atoms with Crippen LogP contribution in [0.2, 0.25) is 0 Å². The van der Waals surface area contributed by atoms with Crippen LogP contribution in [0.1, 0.15) is 70.4 Å². The second kappa shape index (κ2) is 10.3. The number of amides is 1. The summed E-state index contributed by atoms with van der Waals surface area (Å²) >= 11 is 3.60. The first-order valence-electron chi connectivity index (χ1n) is 13.8. The molecule has 40 heavy (non-hydrogen) atoms. The van der Waals surface area contributed by atoms with Crippen LogP contribution in [0.25, 0.3) is 0 Å². The minimum atomic E-state index is -0.541. The van der Waals surface area contributed by atoms with Gasteiger partial charge in [-0.25, -0.2) is 0 Å². The lowest BCUT2D eigenvalue weighted by molar-refractivity contribution is -0.120. The smallest absolute Gasteiger partial charge is 0.262 e. The van der Waals surface area contributed by atoms with Crippen molar-refractivity contribution in [3.63, 3.8) is 0 Å². The number of nitrogens with one attached hydrogen (secondary N) is 1. The molecule has 0 atom stereocenters. The first kappa shape index (κ1) is 28.3. The second-order valence-electron chi connectivity index (χ2n) is 13.0. The molecular formula is C33H37BrN2O4. The Morgan fingerprint density at radius 1 is 0.950 bits per heavy atom. The van der Waals surface area contributed by atoms with E-state index in [1.165, 1.54) is 0 Å². The lowest BCUT2D eigenvalue weighted by atomic mass is 9.63. The SMILES string of the molecule is Cc1cccc(NC(=O)COc2ccc(Br)cc2C2C3=C(CC(C)(C)CC3=O)N(C)C3=C2C(=O)CC(C)(C)C3)c1. The van der Waals surface area contributed by atoms with Crippen molar-refractivity contribution in [2.24, 2.45) is 10.8 Å². The van der Waals surface area contributed by atoms with Crippen LogP contribution in [0.4, 0.5) is 5.69 Å². The summed E-state index contributed by atoms with van der Waals surface area (Å²) < 4.78 is 6.95. The average molecular weight is 606 g/mol. The number of hydrogen-bond acceptors (Lipinski definition) is 5. The van der Waals surface area contributed by atoms with Crippen LogP contribution in [0, 0.1) is 17.8 Å². The summed E-state index contributed by atoms with van der Waals surface area (Å²) in [5.41, 5.74) is 5.46. The highest BCUT2D eigenvalue weighted by atomic mass is 79.9. The van der Waals surface area contributed by atoms with Crippen molar-refractivity contribution < 1.29 is 19.1 Å². The summed E-state index contributed by atoms with van der Waals surface area (Å²) in [6.45, 7) is 10.3. The fourth-order valence-electron chi connectivity index (χ4n) is 6.42. The Morgan fingerprint density at radius 2 is 1.55 bits per heavy atom. The molecule has 210 valence electrons. The van der Waals surface area contributed by atoms with Crippen molar-refractivity contribution in [3.05, 3.63) is 80.6 Å². The molecule has 0 saturated carbocycles. The maximum atomic E-state index is 13.8. The third-order valence-corrected chi connectivity index (χ3v) is 8.62. The van der Waals surface area contributed by atoms with Crippen LogP contribution in [-0.2, 0) is 14.4 Å². The lowest BCUT2D eigenvalue weighted by Crippen LogP contribution is -2.43. The number of halogens is 1. The molecule has 2 aliphatic carbocycles. The number of anilines is 1. The van der Waals surface area contributed by atoms with Crippen LogP contribution in [0.5, 0.6) is 5.75 Å². The number of Topliss-reactive ketones (excluding diaryl/α,β-unsaturated/α-hetero) is 2. The molecule has 0 fully saturated rings. The molecule has 3 aliphatic rings. The van der Waals surface area contributed by atoms with Crippen LogP contribution in [0.15, 0.2) is 69.5 Å². The van der Waals surface area contributed by atoms with Gasteiger partial charge in [-0.1, -0.05) is 55.8 Å². The molecule has 0 aromatic heterocycles. The molecule has 0 unspecified atom stereocenters. The number of ketones is 2. The van der Waals surface area contributed by atoms with Gasteiger partial charge in [0.05, 0.1) is 0 Å². The number of ether oxygens (including phenoxy) is 1. The quantitative estimate of drug-likeness (QED) is 0.394. The number of carbonyl (C=O) groups is 3. The number of carbonyl (C=O) groups excluding carboxylic acids is 3. The van der Waals surface area contributed by atoms with E-state index < -0.39 is 5.92 Å². The zero-order valence-electron chi connectivity index (χ0n) is 24.1. The molecular weight excluding hydrogens is 568 g/mol. The van der Waals surface area contributed by atoms with Crippen molar-refractivity contribution >= 4 is 39.1 Å². The van der Waals surface area contributed by atoms with Gasteiger partial charge in [-0.15, -0.1) is 0 Å². The molecule has 0 spiro atoms. The number of rotatable bonds is 5. The van der Waals surface area contributed by atoms with Gasteiger partial charge in [0.1, 0.15) is 5.75 Å². The van der Waals surface area contributed by atoms with Gasteiger partial charge in [-0.05, 0) is 66.5 Å². The van der Waals surface area contributed by atoms with Gasteiger partial charge in [0, 0.05) is 64.1 Å². The number of allylic oxidation sites excluding steroid dienone is 4. The van der Waals surface area contributed by atoms with Gasteiger partial charge in [0.15, 0.2) is 18.2 Å². The van der Waals surface area contributed by atoms with Gasteiger partial charge in [-0.2, -0.15) is 0 Å². The molecule has 1 amide bonds. The Morgan fingerprint density at radius 3 is 2.12 bits per heavy atom. The Hall–Kier alpha value is -3.19. The molecule has 0 saturated heterocycles. The van der Waals surface area contributed by atoms with E-state index in [4.69, 9.17) is 4.74 Å². The third-order valence-electron chi connectivity index (χ3n) is 8.12. The molecule has 6 nitrogen and oxygen atoms in total. The maximum Gasteiger partial charge on any atom is 0.262 e. The topological polar surface area (TPSA) is 75.7 Å². The number of aryl methyl sites for hydroxylation is 1. The predicted octanol–water partition coefficient (Wildman–Crippen LogP) is 7.09. The third kappa shape index (κ3) is 5.53. The minimum Gasteiger partial charge on any atom is -0.483 e. The van der Waals surface area contributed by atoms with Crippen molar-refractivity contribution in [2.75, 3.05) is 19.0 Å². The number of nitrogens with zero attached hydrogens (tertiary/aromatic N) is 1. The number of benzene rings is 2. The molecule has 1 N–H and O–H groups in total. The van der Waals surface area contributed by atoms with Crippen LogP contribution in [-0.4, -0.2) is 36.0 Å². The molecule has 2 aromatic rings. The highest BCUT2D eigenvalue weighted by molar-refractivity contribution is 9.10. The minimum absolute atomic E-state index is 0.0652. The fraction of sp³-hybridized carbons (Fsp3) is 0.424. The van der Waals surface area contributed by atoms with Gasteiger partial charge in [0.2, 0.25) is 0 Å². The molecule has 2 aromatic carbocycles. The van der Waals surface area contributed by atoms with Crippen LogP contribution >= 0.6 is 15.9 Å². The van der Waals surface area contributed by atoms with Gasteiger partial charge < -0.3 is 15.0 Å². The van der Waals surface area contributed by atoms with E-state index in [1.54, 1.807) is 0 Å². The van der Waals surface area contributed by atoms with Gasteiger partial charge in [0.25, 0.3) is 5.91 Å². The first-order valence-corrected chi connectivity index (χ1v) is 14.6. The molecule has 0 radical (unpaired) electrons. The van der Waals surface area contributed by atoms with Crippen LogP contribution < -0.4 is 10.1 Å². The standard InChI is InChI=1S/C33H37BrN2O4/c1-19-8-7-9-21(12-19)35-28(39)18-40-27-11-10-20(34)13-22(27)29-30-23(14-32(2,3)16-25(30)37)36(6)24-15-33(4,5)17-26(38)31(24)29/h7-13,29H,14-18H2,1-6H3,(H,35,39). The molecule has 0 bridgehead atoms. The fourth-order valence-corrected chi connectivity index (χ4v) is 6.79. The largest absolute Gasteiger partial charge is 0.483 e. The lowest BCUT2D eigenvalue weighted by Gasteiger charge is -2.48. The van der Waals surface area contributed by atoms with E-state index in [1.807, 2.05) is 56.4 Å². The zero-order chi connectivity index (χ0) is 29.0. The normalized spacial score (nSPS) is 20.3. The summed E-state index contributed by atoms with van der Waals surface area (Å²) in [6.07, 6.45) is 2.33. The summed E-state index contributed by atoms with van der Waals surface area (Å²) in [7, 11) is 2.00. The summed E-state index contributed by atoms with van der Waals surface area (Å²) in [5, 5.41) is 2.89. The van der Waals surface area contributed by atoms with Gasteiger partial charge >= 0.3 is 0 Å². The zero-order valence-corrected chi connectivity index (χ0v) is 25.7. The summed E-state index contributed by atoms with van der Waals surface area (Å²) in [4.78, 5) is 42.6. The molecule has 1 heterocycles. The molecule has 7 heteroatoms. The van der Waals surface area contributed by atoms with Gasteiger partial charge in [-0.3, -0.25) is 14.4 Å². The second-order valence-corrected chi connectivity index (χ2v) is 13.9. The van der Waals surface area contributed by atoms with Crippen molar-refractivity contribution in [2.45, 2.75) is 66.2 Å². The monoisotopic (exact) mass is 604 g/mol. The first-order chi connectivity index (χ1) is 18.7. The highest BCUT2D eigenvalue weighted by Gasteiger charge is 2.48. The van der Waals surface area contributed by atoms with Crippen molar-refractivity contribution in [3.8, 4) is 5.75 Å². The van der Waals surface area contributed by atoms with E-state index >= 15 is 0 Å². The van der Waals surface area contributed by atoms with E-state index in [0.717, 1.165) is 39.8 Å². The van der Waals surface area contributed by atoms with E-state index in [9.17, 15) is 14.4 Å². The molecule has 1 aliphatic heterocycles. The Kier molecular flexibility index (Phi) is 7.32. The molecule has 5 rings (SSSR count). The Balaban J connectivity index is 1.57. The van der Waals surface area contributed by atoms with Crippen LogP contribution in [0.3, 0.4) is 0 Å². The highest BCUT2D eigenvalue weighted by Crippen LogP contribution is 2.55. The van der Waals surface area contributed by atoms with Crippen molar-refractivity contribution in [1.82, 2.24) is 4.90 Å². The van der Waals surface area contributed by atoms with Crippen molar-refractivity contribution in [1.29, 1.82) is 0 Å². The Labute approximate surface area is 245 Å². The van der Waals surface area contributed by atoms with E-state index in [2.05, 4.69) is 53.8 Å². The Bertz CT molecular complexity index is 1430. The van der Waals surface area contributed by atoms with E-state index in [0.29, 0.717) is 35.4 Å². The summed E-state index contributed by atoms with van der Waals surface area (Å²) in [5.74, 6) is -0.203. The maximum absolute atomic E-state index is 13.8.